The highest BCUT2D eigenvalue weighted by molar-refractivity contribution is 5.84. The Balaban J connectivity index is 3.70. The minimum atomic E-state index is -0.530. The Morgan fingerprint density at radius 2 is 1.15 bits per heavy atom. The van der Waals surface area contributed by atoms with Gasteiger partial charge in [-0.1, -0.05) is 110 Å². The van der Waals surface area contributed by atoms with Gasteiger partial charge in [0.2, 0.25) is 5.91 Å². The lowest BCUT2D eigenvalue weighted by molar-refractivity contribution is -0.148. The van der Waals surface area contributed by atoms with Crippen LogP contribution >= 0.6 is 0 Å². The third-order valence-electron chi connectivity index (χ3n) is 6.32. The van der Waals surface area contributed by atoms with Gasteiger partial charge in [-0.2, -0.15) is 0 Å². The van der Waals surface area contributed by atoms with Gasteiger partial charge in [-0.05, 0) is 38.6 Å². The minimum absolute atomic E-state index is 0.0325. The van der Waals surface area contributed by atoms with Crippen molar-refractivity contribution in [3.63, 3.8) is 0 Å². The molecular weight excluding hydrogens is 412 g/mol. The van der Waals surface area contributed by atoms with Gasteiger partial charge in [0.25, 0.3) is 0 Å². The van der Waals surface area contributed by atoms with Crippen LogP contribution in [0.15, 0.2) is 0 Å². The van der Waals surface area contributed by atoms with Gasteiger partial charge in [-0.3, -0.25) is 4.79 Å². The highest BCUT2D eigenvalue weighted by Crippen LogP contribution is 2.14. The molecule has 0 spiro atoms. The average Bonchev–Trinajstić information content (AvgIpc) is 2.81. The predicted molar refractivity (Wildman–Crippen MR) is 140 cm³/mol. The molecule has 0 aromatic carbocycles. The molecule has 0 unspecified atom stereocenters. The van der Waals surface area contributed by atoms with E-state index in [1.54, 1.807) is 0 Å². The van der Waals surface area contributed by atoms with Crippen molar-refractivity contribution in [1.82, 2.24) is 5.32 Å². The van der Waals surface area contributed by atoms with Crippen LogP contribution < -0.4 is 11.1 Å². The first-order chi connectivity index (χ1) is 16.2. The normalized spacial score (nSPS) is 12.0. The summed E-state index contributed by atoms with van der Waals surface area (Å²) in [5.74, 6) is -0.333. The molecule has 0 aromatic heterocycles. The highest BCUT2D eigenvalue weighted by atomic mass is 16.5. The molecule has 0 aromatic rings. The minimum Gasteiger partial charge on any atom is -0.464 e. The molecule has 0 aliphatic carbocycles. The lowest BCUT2D eigenvalue weighted by atomic mass is 10.0. The molecule has 0 aliphatic heterocycles. The van der Waals surface area contributed by atoms with Crippen molar-refractivity contribution in [3.8, 4) is 0 Å². The van der Waals surface area contributed by atoms with Crippen molar-refractivity contribution >= 4 is 11.9 Å². The molecule has 1 amide bonds. The summed E-state index contributed by atoms with van der Waals surface area (Å²) in [4.78, 5) is 24.6. The maximum Gasteiger partial charge on any atom is 0.328 e. The Morgan fingerprint density at radius 1 is 0.667 bits per heavy atom. The molecule has 196 valence electrons. The molecule has 5 heteroatoms. The summed E-state index contributed by atoms with van der Waals surface area (Å²) in [7, 11) is 0. The van der Waals surface area contributed by atoms with Crippen LogP contribution in [-0.2, 0) is 14.3 Å². The molecular formula is C28H56N2O3. The zero-order valence-electron chi connectivity index (χ0n) is 22.1. The highest BCUT2D eigenvalue weighted by Gasteiger charge is 2.21. The summed E-state index contributed by atoms with van der Waals surface area (Å²) in [5, 5.41) is 2.90. The molecule has 0 saturated carbocycles. The van der Waals surface area contributed by atoms with Gasteiger partial charge < -0.3 is 15.8 Å². The number of hydrogen-bond acceptors (Lipinski definition) is 4. The summed E-state index contributed by atoms with van der Waals surface area (Å²) in [6.07, 6.45) is 24.3. The molecule has 0 fully saturated rings. The number of esters is 1. The number of nitrogens with one attached hydrogen (secondary N) is 1. The number of carbonyl (C=O) groups excluding carboxylic acids is 2. The zero-order chi connectivity index (χ0) is 24.4. The van der Waals surface area contributed by atoms with Crippen LogP contribution in [0.25, 0.3) is 0 Å². The lowest BCUT2D eigenvalue weighted by Crippen LogP contribution is -2.42. The SMILES string of the molecule is CCCCCCCCCCCCCCCCCC(=O)N[C@@H](CCCCN)C(=O)OCCCC. The summed E-state index contributed by atoms with van der Waals surface area (Å²) in [6, 6.07) is -0.530. The van der Waals surface area contributed by atoms with E-state index < -0.39 is 6.04 Å². The van der Waals surface area contributed by atoms with Gasteiger partial charge in [0.15, 0.2) is 0 Å². The Hall–Kier alpha value is -1.10. The van der Waals surface area contributed by atoms with Gasteiger partial charge in [0, 0.05) is 6.42 Å². The summed E-state index contributed by atoms with van der Waals surface area (Å²) >= 11 is 0. The quantitative estimate of drug-likeness (QED) is 0.110. The molecule has 0 aliphatic rings. The smallest absolute Gasteiger partial charge is 0.328 e. The second-order valence-electron chi connectivity index (χ2n) is 9.63. The van der Waals surface area contributed by atoms with Gasteiger partial charge in [-0.15, -0.1) is 0 Å². The summed E-state index contributed by atoms with van der Waals surface area (Å²) in [5.41, 5.74) is 5.56. The first kappa shape index (κ1) is 31.9. The van der Waals surface area contributed by atoms with E-state index in [2.05, 4.69) is 19.2 Å². The maximum atomic E-state index is 12.3. The molecule has 33 heavy (non-hydrogen) atoms. The molecule has 1 atom stereocenters. The number of carbonyl (C=O) groups is 2. The lowest BCUT2D eigenvalue weighted by Gasteiger charge is -2.17. The molecule has 0 radical (unpaired) electrons. The van der Waals surface area contributed by atoms with Crippen LogP contribution in [0.3, 0.4) is 0 Å². The van der Waals surface area contributed by atoms with Crippen LogP contribution in [0.4, 0.5) is 0 Å². The Bertz CT molecular complexity index is 443. The number of hydrogen-bond donors (Lipinski definition) is 2. The van der Waals surface area contributed by atoms with Crippen molar-refractivity contribution in [2.24, 2.45) is 5.73 Å². The van der Waals surface area contributed by atoms with E-state index >= 15 is 0 Å². The van der Waals surface area contributed by atoms with E-state index in [0.717, 1.165) is 38.5 Å². The largest absolute Gasteiger partial charge is 0.464 e. The number of ether oxygens (including phenoxy) is 1. The van der Waals surface area contributed by atoms with Crippen molar-refractivity contribution in [2.45, 2.75) is 155 Å². The van der Waals surface area contributed by atoms with Gasteiger partial charge in [0.1, 0.15) is 6.04 Å². The van der Waals surface area contributed by atoms with E-state index in [9.17, 15) is 9.59 Å². The number of unbranched alkanes of at least 4 members (excludes halogenated alkanes) is 16. The predicted octanol–water partition coefficient (Wildman–Crippen LogP) is 7.21. The van der Waals surface area contributed by atoms with Crippen LogP contribution in [-0.4, -0.2) is 31.1 Å². The second-order valence-corrected chi connectivity index (χ2v) is 9.63. The first-order valence-electron chi connectivity index (χ1n) is 14.3. The van der Waals surface area contributed by atoms with E-state index in [1.165, 1.54) is 83.5 Å². The fourth-order valence-corrected chi connectivity index (χ4v) is 4.08. The molecule has 0 rings (SSSR count). The van der Waals surface area contributed by atoms with Crippen molar-refractivity contribution in [2.75, 3.05) is 13.2 Å². The van der Waals surface area contributed by atoms with Crippen LogP contribution in [0.1, 0.15) is 149 Å². The number of rotatable bonds is 25. The van der Waals surface area contributed by atoms with Gasteiger partial charge in [0.05, 0.1) is 6.61 Å². The maximum absolute atomic E-state index is 12.3. The Morgan fingerprint density at radius 3 is 1.64 bits per heavy atom. The average molecular weight is 469 g/mol. The molecule has 0 heterocycles. The number of nitrogens with two attached hydrogens (primary N) is 1. The van der Waals surface area contributed by atoms with Gasteiger partial charge in [-0.25, -0.2) is 4.79 Å². The van der Waals surface area contributed by atoms with Crippen molar-refractivity contribution in [1.29, 1.82) is 0 Å². The van der Waals surface area contributed by atoms with Gasteiger partial charge >= 0.3 is 5.97 Å². The van der Waals surface area contributed by atoms with E-state index in [0.29, 0.717) is 26.0 Å². The fraction of sp³-hybridized carbons (Fsp3) is 0.929. The second kappa shape index (κ2) is 25.5. The molecule has 0 saturated heterocycles. The summed E-state index contributed by atoms with van der Waals surface area (Å²) < 4.78 is 5.32. The Kier molecular flexibility index (Phi) is 24.7. The van der Waals surface area contributed by atoms with Crippen LogP contribution in [0.2, 0.25) is 0 Å². The van der Waals surface area contributed by atoms with Crippen LogP contribution in [0, 0.1) is 0 Å². The van der Waals surface area contributed by atoms with Crippen LogP contribution in [0.5, 0.6) is 0 Å². The van der Waals surface area contributed by atoms with E-state index in [1.807, 2.05) is 0 Å². The van der Waals surface area contributed by atoms with Crippen molar-refractivity contribution < 1.29 is 14.3 Å². The topological polar surface area (TPSA) is 81.4 Å². The molecule has 5 nitrogen and oxygen atoms in total. The first-order valence-corrected chi connectivity index (χ1v) is 14.3. The number of amides is 1. The standard InChI is InChI=1S/C28H56N2O3/c1-3-5-7-8-9-10-11-12-13-14-15-16-17-18-19-23-27(31)30-26(22-20-21-24-29)28(32)33-25-6-4-2/h26H,3-25,29H2,1-2H3,(H,30,31)/t26-/m0/s1. The molecule has 3 N–H and O–H groups in total. The summed E-state index contributed by atoms with van der Waals surface area (Å²) in [6.45, 7) is 5.36. The fourth-order valence-electron chi connectivity index (χ4n) is 4.08. The van der Waals surface area contributed by atoms with E-state index in [4.69, 9.17) is 10.5 Å². The van der Waals surface area contributed by atoms with Crippen molar-refractivity contribution in [3.05, 3.63) is 0 Å². The zero-order valence-corrected chi connectivity index (χ0v) is 22.1. The van der Waals surface area contributed by atoms with E-state index in [-0.39, 0.29) is 11.9 Å². The third kappa shape index (κ3) is 22.5. The monoisotopic (exact) mass is 468 g/mol. The Labute approximate surface area is 205 Å². The molecule has 0 bridgehead atoms. The third-order valence-corrected chi connectivity index (χ3v) is 6.32.